The van der Waals surface area contributed by atoms with Crippen molar-refractivity contribution in [3.05, 3.63) is 66.0 Å². The molecule has 0 radical (unpaired) electrons. The fraction of sp³-hybridized carbons (Fsp3) is 0.0714. The Morgan fingerprint density at radius 3 is 2.28 bits per heavy atom. The zero-order valence-corrected chi connectivity index (χ0v) is 9.42. The Bertz CT molecular complexity index is 540. The third-order valence-corrected chi connectivity index (χ3v) is 2.41. The second-order valence-corrected chi connectivity index (χ2v) is 3.68. The summed E-state index contributed by atoms with van der Waals surface area (Å²) in [4.78, 5) is 11.2. The van der Waals surface area contributed by atoms with E-state index in [4.69, 9.17) is 9.84 Å². The van der Waals surface area contributed by atoms with Crippen molar-refractivity contribution in [2.75, 3.05) is 0 Å². The fourth-order valence-corrected chi connectivity index (χ4v) is 1.56. The Balaban J connectivity index is 2.28. The van der Waals surface area contributed by atoms with E-state index >= 15 is 0 Å². The number of hydrogen-bond acceptors (Lipinski definition) is 2. The van der Waals surface area contributed by atoms with Gasteiger partial charge >= 0.3 is 5.97 Å². The lowest BCUT2D eigenvalue weighted by Crippen LogP contribution is -2.18. The van der Waals surface area contributed by atoms with E-state index in [9.17, 15) is 9.18 Å². The summed E-state index contributed by atoms with van der Waals surface area (Å²) in [7, 11) is 0. The first-order valence-electron chi connectivity index (χ1n) is 5.37. The molecule has 0 aliphatic carbocycles. The topological polar surface area (TPSA) is 46.5 Å². The number of ether oxygens (including phenoxy) is 1. The minimum Gasteiger partial charge on any atom is -0.478 e. The summed E-state index contributed by atoms with van der Waals surface area (Å²) >= 11 is 0. The van der Waals surface area contributed by atoms with Gasteiger partial charge in [0.1, 0.15) is 0 Å². The summed E-state index contributed by atoms with van der Waals surface area (Å²) in [5.41, 5.74) is 0.466. The van der Waals surface area contributed by atoms with Crippen LogP contribution in [-0.2, 0) is 4.79 Å². The van der Waals surface area contributed by atoms with Crippen LogP contribution in [0.5, 0.6) is 5.75 Å². The van der Waals surface area contributed by atoms with Gasteiger partial charge in [-0.2, -0.15) is 0 Å². The van der Waals surface area contributed by atoms with Gasteiger partial charge in [0.2, 0.25) is 6.10 Å². The molecule has 0 unspecified atom stereocenters. The summed E-state index contributed by atoms with van der Waals surface area (Å²) in [6.07, 6.45) is -1.22. The van der Waals surface area contributed by atoms with E-state index in [2.05, 4.69) is 0 Å². The van der Waals surface area contributed by atoms with Crippen LogP contribution in [0.3, 0.4) is 0 Å². The van der Waals surface area contributed by atoms with Crippen LogP contribution in [0, 0.1) is 5.82 Å². The fourth-order valence-electron chi connectivity index (χ4n) is 1.56. The zero-order valence-electron chi connectivity index (χ0n) is 9.42. The smallest absolute Gasteiger partial charge is 0.349 e. The predicted octanol–water partition coefficient (Wildman–Crippen LogP) is 3.03. The van der Waals surface area contributed by atoms with E-state index in [1.54, 1.807) is 36.4 Å². The van der Waals surface area contributed by atoms with Crippen LogP contribution in [0.1, 0.15) is 11.7 Å². The van der Waals surface area contributed by atoms with Crippen LogP contribution >= 0.6 is 0 Å². The third kappa shape index (κ3) is 2.66. The molecule has 0 heterocycles. The number of para-hydroxylation sites is 1. The molecule has 0 spiro atoms. The molecule has 2 aromatic carbocycles. The molecule has 0 fully saturated rings. The molecule has 92 valence electrons. The van der Waals surface area contributed by atoms with E-state index in [0.717, 1.165) is 0 Å². The maximum atomic E-state index is 13.4. The van der Waals surface area contributed by atoms with E-state index in [1.807, 2.05) is 0 Å². The highest BCUT2D eigenvalue weighted by atomic mass is 19.1. The Morgan fingerprint density at radius 2 is 1.67 bits per heavy atom. The van der Waals surface area contributed by atoms with Crippen LogP contribution in [0.15, 0.2) is 54.6 Å². The van der Waals surface area contributed by atoms with Gasteiger partial charge in [-0.1, -0.05) is 42.5 Å². The van der Waals surface area contributed by atoms with Crippen molar-refractivity contribution < 1.29 is 19.0 Å². The lowest BCUT2D eigenvalue weighted by Gasteiger charge is -2.15. The maximum Gasteiger partial charge on any atom is 0.349 e. The largest absolute Gasteiger partial charge is 0.478 e. The Morgan fingerprint density at radius 1 is 1.06 bits per heavy atom. The Labute approximate surface area is 103 Å². The van der Waals surface area contributed by atoms with Crippen LogP contribution < -0.4 is 4.74 Å². The van der Waals surface area contributed by atoms with Gasteiger partial charge in [-0.15, -0.1) is 0 Å². The van der Waals surface area contributed by atoms with Crippen LogP contribution in [0.2, 0.25) is 0 Å². The van der Waals surface area contributed by atoms with Crippen molar-refractivity contribution in [2.24, 2.45) is 0 Å². The van der Waals surface area contributed by atoms with Crippen LogP contribution in [0.25, 0.3) is 0 Å². The number of carboxylic acids is 1. The number of carbonyl (C=O) groups is 1. The van der Waals surface area contributed by atoms with Gasteiger partial charge in [0, 0.05) is 5.56 Å². The van der Waals surface area contributed by atoms with Crippen LogP contribution in [-0.4, -0.2) is 11.1 Å². The highest BCUT2D eigenvalue weighted by Crippen LogP contribution is 2.24. The van der Waals surface area contributed by atoms with Crippen molar-refractivity contribution in [3.63, 3.8) is 0 Å². The highest BCUT2D eigenvalue weighted by molar-refractivity contribution is 5.74. The summed E-state index contributed by atoms with van der Waals surface area (Å²) in [6, 6.07) is 14.1. The second-order valence-electron chi connectivity index (χ2n) is 3.68. The van der Waals surface area contributed by atoms with Crippen LogP contribution in [0.4, 0.5) is 4.39 Å². The SMILES string of the molecule is O=C(O)[C@@H](Oc1ccccc1F)c1ccccc1. The van der Waals surface area contributed by atoms with Crippen molar-refractivity contribution in [1.82, 2.24) is 0 Å². The summed E-state index contributed by atoms with van der Waals surface area (Å²) in [5, 5.41) is 9.13. The minimum absolute atomic E-state index is 0.0752. The molecule has 1 atom stereocenters. The van der Waals surface area contributed by atoms with E-state index in [1.165, 1.54) is 18.2 Å². The monoisotopic (exact) mass is 246 g/mol. The molecule has 1 N–H and O–H groups in total. The molecule has 2 aromatic rings. The van der Waals surface area contributed by atoms with Gasteiger partial charge in [-0.05, 0) is 12.1 Å². The van der Waals surface area contributed by atoms with Gasteiger partial charge in [0.25, 0.3) is 0 Å². The number of rotatable bonds is 4. The molecule has 0 aliphatic rings. The number of carboxylic acid groups (broad SMARTS) is 1. The third-order valence-electron chi connectivity index (χ3n) is 2.41. The molecular formula is C14H11FO3. The maximum absolute atomic E-state index is 13.4. The molecule has 0 aromatic heterocycles. The molecule has 0 bridgehead atoms. The molecular weight excluding hydrogens is 235 g/mol. The first-order valence-corrected chi connectivity index (χ1v) is 5.37. The van der Waals surface area contributed by atoms with E-state index in [-0.39, 0.29) is 5.75 Å². The molecule has 0 saturated carbocycles. The lowest BCUT2D eigenvalue weighted by atomic mass is 10.1. The van der Waals surface area contributed by atoms with E-state index in [0.29, 0.717) is 5.56 Å². The standard InChI is InChI=1S/C14H11FO3/c15-11-8-4-5-9-12(11)18-13(14(16)17)10-6-2-1-3-7-10/h1-9,13H,(H,16,17)/t13-/m0/s1. The molecule has 0 saturated heterocycles. The Hall–Kier alpha value is -2.36. The second kappa shape index (κ2) is 5.31. The molecule has 2 rings (SSSR count). The number of benzene rings is 2. The number of aliphatic carboxylic acids is 1. The lowest BCUT2D eigenvalue weighted by molar-refractivity contribution is -0.145. The molecule has 3 nitrogen and oxygen atoms in total. The van der Waals surface area contributed by atoms with Gasteiger partial charge in [0.15, 0.2) is 11.6 Å². The molecule has 4 heteroatoms. The average Bonchev–Trinajstić information content (AvgIpc) is 2.38. The van der Waals surface area contributed by atoms with Crippen molar-refractivity contribution in [3.8, 4) is 5.75 Å². The first kappa shape index (κ1) is 12.1. The molecule has 18 heavy (non-hydrogen) atoms. The first-order chi connectivity index (χ1) is 8.68. The quantitative estimate of drug-likeness (QED) is 0.901. The minimum atomic E-state index is -1.22. The van der Waals surface area contributed by atoms with E-state index < -0.39 is 17.9 Å². The molecule has 0 amide bonds. The Kier molecular flexibility index (Phi) is 3.57. The summed E-state index contributed by atoms with van der Waals surface area (Å²) < 4.78 is 18.6. The highest BCUT2D eigenvalue weighted by Gasteiger charge is 2.22. The van der Waals surface area contributed by atoms with Crippen molar-refractivity contribution in [2.45, 2.75) is 6.10 Å². The van der Waals surface area contributed by atoms with Gasteiger partial charge in [0.05, 0.1) is 0 Å². The summed E-state index contributed by atoms with van der Waals surface area (Å²) in [5.74, 6) is -1.82. The van der Waals surface area contributed by atoms with Gasteiger partial charge in [-0.3, -0.25) is 0 Å². The zero-order chi connectivity index (χ0) is 13.0. The van der Waals surface area contributed by atoms with Gasteiger partial charge in [-0.25, -0.2) is 9.18 Å². The normalized spacial score (nSPS) is 11.8. The number of halogens is 1. The average molecular weight is 246 g/mol. The van der Waals surface area contributed by atoms with Gasteiger partial charge < -0.3 is 9.84 Å². The van der Waals surface area contributed by atoms with Crippen molar-refractivity contribution in [1.29, 1.82) is 0 Å². The predicted molar refractivity (Wildman–Crippen MR) is 63.8 cm³/mol. The number of hydrogen-bond donors (Lipinski definition) is 1. The van der Waals surface area contributed by atoms with Crippen molar-refractivity contribution >= 4 is 5.97 Å². The molecule has 0 aliphatic heterocycles. The summed E-state index contributed by atoms with van der Waals surface area (Å²) in [6.45, 7) is 0.